The van der Waals surface area contributed by atoms with Crippen LogP contribution in [0.15, 0.2) is 12.1 Å². The first-order valence-corrected chi connectivity index (χ1v) is 6.78. The Bertz CT molecular complexity index is 417. The number of benzene rings is 1. The van der Waals surface area contributed by atoms with Gasteiger partial charge in [-0.05, 0) is 30.9 Å². The van der Waals surface area contributed by atoms with Gasteiger partial charge in [-0.3, -0.25) is 0 Å². The Morgan fingerprint density at radius 2 is 1.89 bits per heavy atom. The summed E-state index contributed by atoms with van der Waals surface area (Å²) >= 11 is 5.47. The summed E-state index contributed by atoms with van der Waals surface area (Å²) in [7, 11) is 0. The Morgan fingerprint density at radius 3 is 2.56 bits per heavy atom. The van der Waals surface area contributed by atoms with E-state index in [0.29, 0.717) is 12.3 Å². The van der Waals surface area contributed by atoms with Crippen molar-refractivity contribution in [2.24, 2.45) is 5.92 Å². The number of hydrogen-bond donors (Lipinski definition) is 1. The second-order valence-electron chi connectivity index (χ2n) is 5.03. The zero-order valence-electron chi connectivity index (χ0n) is 10.1. The van der Waals surface area contributed by atoms with Crippen LogP contribution < -0.4 is 0 Å². The van der Waals surface area contributed by atoms with Gasteiger partial charge in [-0.1, -0.05) is 37.3 Å². The summed E-state index contributed by atoms with van der Waals surface area (Å²) in [6.07, 6.45) is 5.24. The van der Waals surface area contributed by atoms with E-state index in [1.54, 1.807) is 0 Å². The monoisotopic (exact) mass is 274 g/mol. The fourth-order valence-corrected chi connectivity index (χ4v) is 2.79. The first-order valence-electron chi connectivity index (χ1n) is 6.40. The summed E-state index contributed by atoms with van der Waals surface area (Å²) in [6.45, 7) is 0. The zero-order chi connectivity index (χ0) is 13.1. The molecule has 0 aromatic heterocycles. The molecule has 1 nitrogen and oxygen atoms in total. The molecule has 1 fully saturated rings. The van der Waals surface area contributed by atoms with Gasteiger partial charge in [-0.25, -0.2) is 8.78 Å². The van der Waals surface area contributed by atoms with E-state index in [1.165, 1.54) is 25.7 Å². The molecule has 0 radical (unpaired) electrons. The van der Waals surface area contributed by atoms with E-state index in [2.05, 4.69) is 0 Å². The summed E-state index contributed by atoms with van der Waals surface area (Å²) in [5.74, 6) is -0.701. The Hall–Kier alpha value is -0.670. The highest BCUT2D eigenvalue weighted by molar-refractivity contribution is 6.30. The van der Waals surface area contributed by atoms with E-state index in [0.717, 1.165) is 18.6 Å². The van der Waals surface area contributed by atoms with E-state index < -0.39 is 17.7 Å². The molecular weight excluding hydrogens is 258 g/mol. The van der Waals surface area contributed by atoms with Crippen LogP contribution in [-0.4, -0.2) is 5.11 Å². The highest BCUT2D eigenvalue weighted by Crippen LogP contribution is 2.32. The Balaban J connectivity index is 1.99. The van der Waals surface area contributed by atoms with Crippen molar-refractivity contribution in [1.82, 2.24) is 0 Å². The maximum atomic E-state index is 13.6. The van der Waals surface area contributed by atoms with E-state index in [4.69, 9.17) is 11.6 Å². The second kappa shape index (κ2) is 5.98. The predicted molar refractivity (Wildman–Crippen MR) is 67.5 cm³/mol. The van der Waals surface area contributed by atoms with Crippen LogP contribution in [0.3, 0.4) is 0 Å². The van der Waals surface area contributed by atoms with Gasteiger partial charge in [0.05, 0.1) is 11.1 Å². The molecule has 18 heavy (non-hydrogen) atoms. The lowest BCUT2D eigenvalue weighted by Gasteiger charge is -2.15. The van der Waals surface area contributed by atoms with Crippen molar-refractivity contribution in [1.29, 1.82) is 0 Å². The largest absolute Gasteiger partial charge is 0.388 e. The minimum atomic E-state index is -0.947. The molecule has 1 unspecified atom stereocenters. The molecule has 1 saturated carbocycles. The first-order chi connectivity index (χ1) is 8.58. The average Bonchev–Trinajstić information content (AvgIpc) is 2.84. The highest BCUT2D eigenvalue weighted by Gasteiger charge is 2.20. The molecule has 4 heteroatoms. The number of aliphatic hydroxyl groups is 1. The third kappa shape index (κ3) is 3.21. The lowest BCUT2D eigenvalue weighted by atomic mass is 9.96. The van der Waals surface area contributed by atoms with Crippen molar-refractivity contribution in [3.8, 4) is 0 Å². The van der Waals surface area contributed by atoms with Crippen LogP contribution in [0.5, 0.6) is 0 Å². The minimum Gasteiger partial charge on any atom is -0.388 e. The summed E-state index contributed by atoms with van der Waals surface area (Å²) < 4.78 is 26.8. The van der Waals surface area contributed by atoms with Crippen molar-refractivity contribution in [2.45, 2.75) is 44.6 Å². The van der Waals surface area contributed by atoms with Crippen molar-refractivity contribution in [3.63, 3.8) is 0 Å². The number of halogens is 3. The first kappa shape index (κ1) is 13.8. The molecule has 0 spiro atoms. The fourth-order valence-electron chi connectivity index (χ4n) is 2.64. The SMILES string of the molecule is OC(CCC1CCCC1)c1cc(F)c(Cl)cc1F. The second-order valence-corrected chi connectivity index (χ2v) is 5.44. The van der Waals surface area contributed by atoms with Gasteiger partial charge in [-0.15, -0.1) is 0 Å². The van der Waals surface area contributed by atoms with E-state index in [1.807, 2.05) is 0 Å². The van der Waals surface area contributed by atoms with E-state index >= 15 is 0 Å². The molecule has 1 aromatic rings. The van der Waals surface area contributed by atoms with Crippen molar-refractivity contribution in [2.75, 3.05) is 0 Å². The summed E-state index contributed by atoms with van der Waals surface area (Å²) in [4.78, 5) is 0. The van der Waals surface area contributed by atoms with Crippen LogP contribution in [0.1, 0.15) is 50.2 Å². The van der Waals surface area contributed by atoms with Crippen LogP contribution in [0.4, 0.5) is 8.78 Å². The zero-order valence-corrected chi connectivity index (χ0v) is 10.9. The standard InChI is InChI=1S/C14H17ClF2O/c15-11-8-12(16)10(7-13(11)17)14(18)6-5-9-3-1-2-4-9/h7-9,14,18H,1-6H2. The van der Waals surface area contributed by atoms with Crippen LogP contribution in [0, 0.1) is 17.6 Å². The molecule has 0 amide bonds. The molecule has 1 aromatic carbocycles. The smallest absolute Gasteiger partial charge is 0.142 e. The third-order valence-electron chi connectivity index (χ3n) is 3.72. The maximum absolute atomic E-state index is 13.6. The maximum Gasteiger partial charge on any atom is 0.142 e. The molecule has 2 rings (SSSR count). The molecule has 1 N–H and O–H groups in total. The van der Waals surface area contributed by atoms with Gasteiger partial charge >= 0.3 is 0 Å². The Labute approximate surface area is 111 Å². The molecule has 1 aliphatic rings. The topological polar surface area (TPSA) is 20.2 Å². The molecule has 1 atom stereocenters. The number of hydrogen-bond acceptors (Lipinski definition) is 1. The van der Waals surface area contributed by atoms with E-state index in [9.17, 15) is 13.9 Å². The number of aliphatic hydroxyl groups excluding tert-OH is 1. The normalized spacial score (nSPS) is 18.2. The van der Waals surface area contributed by atoms with Crippen LogP contribution in [0.2, 0.25) is 5.02 Å². The summed E-state index contributed by atoms with van der Waals surface area (Å²) in [5, 5.41) is 9.68. The summed E-state index contributed by atoms with van der Waals surface area (Å²) in [6, 6.07) is 1.92. The Kier molecular flexibility index (Phi) is 4.57. The van der Waals surface area contributed by atoms with Crippen LogP contribution >= 0.6 is 11.6 Å². The van der Waals surface area contributed by atoms with Crippen LogP contribution in [0.25, 0.3) is 0 Å². The third-order valence-corrected chi connectivity index (χ3v) is 4.01. The quantitative estimate of drug-likeness (QED) is 0.794. The van der Waals surface area contributed by atoms with Gasteiger partial charge in [0.1, 0.15) is 11.6 Å². The average molecular weight is 275 g/mol. The molecule has 0 aliphatic heterocycles. The molecule has 0 bridgehead atoms. The van der Waals surface area contributed by atoms with Crippen molar-refractivity contribution >= 4 is 11.6 Å². The van der Waals surface area contributed by atoms with Gasteiger partial charge < -0.3 is 5.11 Å². The van der Waals surface area contributed by atoms with E-state index in [-0.39, 0.29) is 10.6 Å². The minimum absolute atomic E-state index is 0.00916. The molecule has 1 aliphatic carbocycles. The fraction of sp³-hybridized carbons (Fsp3) is 0.571. The molecule has 0 heterocycles. The lowest BCUT2D eigenvalue weighted by molar-refractivity contribution is 0.152. The number of rotatable bonds is 4. The highest BCUT2D eigenvalue weighted by atomic mass is 35.5. The van der Waals surface area contributed by atoms with Gasteiger partial charge in [0, 0.05) is 5.56 Å². The summed E-state index contributed by atoms with van der Waals surface area (Å²) in [5.41, 5.74) is 0.00916. The van der Waals surface area contributed by atoms with Gasteiger partial charge in [0.25, 0.3) is 0 Å². The van der Waals surface area contributed by atoms with Crippen molar-refractivity contribution in [3.05, 3.63) is 34.4 Å². The van der Waals surface area contributed by atoms with Crippen LogP contribution in [-0.2, 0) is 0 Å². The van der Waals surface area contributed by atoms with Gasteiger partial charge in [0.2, 0.25) is 0 Å². The van der Waals surface area contributed by atoms with Crippen molar-refractivity contribution < 1.29 is 13.9 Å². The molecule has 0 saturated heterocycles. The lowest BCUT2D eigenvalue weighted by Crippen LogP contribution is -2.04. The Morgan fingerprint density at radius 1 is 1.22 bits per heavy atom. The molecule has 100 valence electrons. The van der Waals surface area contributed by atoms with Gasteiger partial charge in [0.15, 0.2) is 0 Å². The molecular formula is C14H17ClF2O. The predicted octanol–water partition coefficient (Wildman–Crippen LogP) is 4.62. The van der Waals surface area contributed by atoms with Gasteiger partial charge in [-0.2, -0.15) is 0 Å².